The van der Waals surface area contributed by atoms with Crippen molar-refractivity contribution in [3.63, 3.8) is 0 Å². The summed E-state index contributed by atoms with van der Waals surface area (Å²) in [5, 5.41) is 2.89. The lowest BCUT2D eigenvalue weighted by Crippen LogP contribution is -2.67. The zero-order valence-corrected chi connectivity index (χ0v) is 13.3. The molecule has 0 saturated carbocycles. The van der Waals surface area contributed by atoms with Gasteiger partial charge in [-0.3, -0.25) is 9.59 Å². The molecular weight excluding hydrogens is 276 g/mol. The Morgan fingerprint density at radius 3 is 2.64 bits per heavy atom. The molecule has 1 heterocycles. The number of carbonyl (C=O) groups is 2. The Balaban J connectivity index is 1.90. The van der Waals surface area contributed by atoms with Gasteiger partial charge in [0.15, 0.2) is 0 Å². The molecular formula is C18H24N2O2. The van der Waals surface area contributed by atoms with Crippen LogP contribution in [0, 0.1) is 0 Å². The summed E-state index contributed by atoms with van der Waals surface area (Å²) in [6.45, 7) is 5.18. The van der Waals surface area contributed by atoms with E-state index >= 15 is 0 Å². The minimum absolute atomic E-state index is 0.00702. The third-order valence-corrected chi connectivity index (χ3v) is 4.15. The molecule has 2 amide bonds. The van der Waals surface area contributed by atoms with Crippen LogP contribution in [0.5, 0.6) is 0 Å². The van der Waals surface area contributed by atoms with E-state index in [9.17, 15) is 9.59 Å². The van der Waals surface area contributed by atoms with Crippen LogP contribution in [0.1, 0.15) is 38.7 Å². The van der Waals surface area contributed by atoms with Gasteiger partial charge >= 0.3 is 0 Å². The van der Waals surface area contributed by atoms with Crippen molar-refractivity contribution < 1.29 is 9.59 Å². The van der Waals surface area contributed by atoms with Gasteiger partial charge in [-0.2, -0.15) is 0 Å². The molecule has 2 rings (SSSR count). The number of nitrogens with one attached hydrogen (secondary N) is 1. The second-order valence-electron chi connectivity index (χ2n) is 5.84. The lowest BCUT2D eigenvalue weighted by Gasteiger charge is -2.49. The quantitative estimate of drug-likeness (QED) is 0.878. The van der Waals surface area contributed by atoms with Crippen molar-refractivity contribution in [1.29, 1.82) is 0 Å². The number of rotatable bonds is 6. The fourth-order valence-electron chi connectivity index (χ4n) is 2.59. The topological polar surface area (TPSA) is 49.4 Å². The SMILES string of the molecule is CCCNC(=O)C1(C)CCN1C(=O)C/C=C/c1ccccc1. The molecule has 1 saturated heterocycles. The first kappa shape index (κ1) is 16.3. The third-order valence-electron chi connectivity index (χ3n) is 4.15. The highest BCUT2D eigenvalue weighted by atomic mass is 16.2. The molecule has 4 nitrogen and oxygen atoms in total. The predicted molar refractivity (Wildman–Crippen MR) is 88.1 cm³/mol. The van der Waals surface area contributed by atoms with Crippen LogP contribution < -0.4 is 5.32 Å². The fourth-order valence-corrected chi connectivity index (χ4v) is 2.59. The first-order valence-corrected chi connectivity index (χ1v) is 7.88. The van der Waals surface area contributed by atoms with Crippen LogP contribution in [0.3, 0.4) is 0 Å². The summed E-state index contributed by atoms with van der Waals surface area (Å²) in [4.78, 5) is 26.2. The molecule has 0 aliphatic carbocycles. The van der Waals surface area contributed by atoms with E-state index in [1.54, 1.807) is 4.90 Å². The van der Waals surface area contributed by atoms with Crippen molar-refractivity contribution in [2.45, 2.75) is 38.6 Å². The minimum atomic E-state index is -0.674. The van der Waals surface area contributed by atoms with Gasteiger partial charge < -0.3 is 10.2 Å². The zero-order chi connectivity index (χ0) is 16.0. The second kappa shape index (κ2) is 7.25. The molecule has 1 aromatic carbocycles. The van der Waals surface area contributed by atoms with Crippen molar-refractivity contribution in [1.82, 2.24) is 10.2 Å². The first-order valence-electron chi connectivity index (χ1n) is 7.88. The molecule has 0 bridgehead atoms. The normalized spacial score (nSPS) is 20.7. The molecule has 0 aromatic heterocycles. The molecule has 1 aliphatic heterocycles. The standard InChI is InChI=1S/C18H24N2O2/c1-3-13-19-17(22)18(2)12-14-20(18)16(21)11-7-10-15-8-5-4-6-9-15/h4-10H,3,11-14H2,1-2H3,(H,19,22)/b10-7+. The van der Waals surface area contributed by atoms with Gasteiger partial charge in [0, 0.05) is 19.5 Å². The second-order valence-corrected chi connectivity index (χ2v) is 5.84. The fraction of sp³-hybridized carbons (Fsp3) is 0.444. The molecule has 1 fully saturated rings. The summed E-state index contributed by atoms with van der Waals surface area (Å²) >= 11 is 0. The lowest BCUT2D eigenvalue weighted by atomic mass is 9.85. The van der Waals surface area contributed by atoms with Crippen LogP contribution in [0.2, 0.25) is 0 Å². The monoisotopic (exact) mass is 300 g/mol. The van der Waals surface area contributed by atoms with Gasteiger partial charge in [0.1, 0.15) is 5.54 Å². The van der Waals surface area contributed by atoms with Crippen molar-refractivity contribution in [2.75, 3.05) is 13.1 Å². The van der Waals surface area contributed by atoms with Crippen LogP contribution >= 0.6 is 0 Å². The molecule has 1 atom stereocenters. The summed E-state index contributed by atoms with van der Waals surface area (Å²) in [5.41, 5.74) is 0.398. The third kappa shape index (κ3) is 3.56. The molecule has 0 radical (unpaired) electrons. The van der Waals surface area contributed by atoms with E-state index in [-0.39, 0.29) is 11.8 Å². The van der Waals surface area contributed by atoms with Gasteiger partial charge in [-0.25, -0.2) is 0 Å². The van der Waals surface area contributed by atoms with Crippen molar-refractivity contribution in [3.8, 4) is 0 Å². The van der Waals surface area contributed by atoms with Crippen LogP contribution in [-0.2, 0) is 9.59 Å². The molecule has 1 unspecified atom stereocenters. The van der Waals surface area contributed by atoms with Gasteiger partial charge in [0.25, 0.3) is 0 Å². The van der Waals surface area contributed by atoms with E-state index in [1.165, 1.54) is 0 Å². The molecule has 4 heteroatoms. The maximum Gasteiger partial charge on any atom is 0.245 e. The molecule has 0 spiro atoms. The van der Waals surface area contributed by atoms with Crippen LogP contribution in [0.15, 0.2) is 36.4 Å². The summed E-state index contributed by atoms with van der Waals surface area (Å²) in [7, 11) is 0. The number of hydrogen-bond donors (Lipinski definition) is 1. The Bertz CT molecular complexity index is 553. The zero-order valence-electron chi connectivity index (χ0n) is 13.3. The van der Waals surface area contributed by atoms with E-state index in [4.69, 9.17) is 0 Å². The molecule has 118 valence electrons. The number of carbonyl (C=O) groups excluding carboxylic acids is 2. The van der Waals surface area contributed by atoms with Crippen LogP contribution in [0.25, 0.3) is 6.08 Å². The number of nitrogens with zero attached hydrogens (tertiary/aromatic N) is 1. The Labute approximate surface area is 132 Å². The molecule has 1 aliphatic rings. The summed E-state index contributed by atoms with van der Waals surface area (Å²) < 4.78 is 0. The minimum Gasteiger partial charge on any atom is -0.354 e. The average Bonchev–Trinajstić information content (AvgIpc) is 2.51. The van der Waals surface area contributed by atoms with E-state index in [0.29, 0.717) is 19.5 Å². The number of benzene rings is 1. The molecule has 1 aromatic rings. The number of likely N-dealkylation sites (tertiary alicyclic amines) is 1. The highest BCUT2D eigenvalue weighted by Crippen LogP contribution is 2.31. The molecule has 1 N–H and O–H groups in total. The van der Waals surface area contributed by atoms with Crippen molar-refractivity contribution in [2.24, 2.45) is 0 Å². The van der Waals surface area contributed by atoms with E-state index in [2.05, 4.69) is 5.32 Å². The highest BCUT2D eigenvalue weighted by molar-refractivity contribution is 5.93. The van der Waals surface area contributed by atoms with E-state index in [1.807, 2.05) is 56.3 Å². The summed E-state index contributed by atoms with van der Waals surface area (Å²) in [5.74, 6) is -0.0337. The maximum atomic E-state index is 12.3. The van der Waals surface area contributed by atoms with E-state index < -0.39 is 5.54 Å². The van der Waals surface area contributed by atoms with Crippen LogP contribution in [-0.4, -0.2) is 35.3 Å². The van der Waals surface area contributed by atoms with Crippen LogP contribution in [0.4, 0.5) is 0 Å². The van der Waals surface area contributed by atoms with Gasteiger partial charge in [0.2, 0.25) is 11.8 Å². The smallest absolute Gasteiger partial charge is 0.245 e. The summed E-state index contributed by atoms with van der Waals surface area (Å²) in [6.07, 6.45) is 5.75. The number of hydrogen-bond acceptors (Lipinski definition) is 2. The van der Waals surface area contributed by atoms with Crippen molar-refractivity contribution >= 4 is 17.9 Å². The Morgan fingerprint density at radius 1 is 1.32 bits per heavy atom. The van der Waals surface area contributed by atoms with Gasteiger partial charge in [-0.05, 0) is 25.3 Å². The number of amides is 2. The van der Waals surface area contributed by atoms with Crippen molar-refractivity contribution in [3.05, 3.63) is 42.0 Å². The summed E-state index contributed by atoms with van der Waals surface area (Å²) in [6, 6.07) is 9.88. The highest BCUT2D eigenvalue weighted by Gasteiger charge is 2.48. The van der Waals surface area contributed by atoms with E-state index in [0.717, 1.165) is 18.4 Å². The Hall–Kier alpha value is -2.10. The van der Waals surface area contributed by atoms with Gasteiger partial charge in [-0.15, -0.1) is 0 Å². The largest absolute Gasteiger partial charge is 0.354 e. The lowest BCUT2D eigenvalue weighted by molar-refractivity contribution is -0.156. The predicted octanol–water partition coefficient (Wildman–Crippen LogP) is 2.61. The Morgan fingerprint density at radius 2 is 2.05 bits per heavy atom. The first-order chi connectivity index (χ1) is 10.6. The maximum absolute atomic E-state index is 12.3. The van der Waals surface area contributed by atoms with Gasteiger partial charge in [-0.1, -0.05) is 49.4 Å². The van der Waals surface area contributed by atoms with Gasteiger partial charge in [0.05, 0.1) is 0 Å². The molecule has 22 heavy (non-hydrogen) atoms. The Kier molecular flexibility index (Phi) is 5.36. The average molecular weight is 300 g/mol.